The maximum atomic E-state index is 11.3. The molecule has 0 aromatic carbocycles. The molecule has 0 bridgehead atoms. The van der Waals surface area contributed by atoms with Crippen LogP contribution in [0.5, 0.6) is 0 Å². The van der Waals surface area contributed by atoms with Crippen molar-refractivity contribution < 1.29 is 9.53 Å². The molecule has 4 nitrogen and oxygen atoms in total. The number of ether oxygens (including phenoxy) is 1. The van der Waals surface area contributed by atoms with Crippen LogP contribution < -0.4 is 4.90 Å². The summed E-state index contributed by atoms with van der Waals surface area (Å²) in [6.45, 7) is 3.23. The number of aromatic nitrogens is 1. The highest BCUT2D eigenvalue weighted by Crippen LogP contribution is 2.34. The lowest BCUT2D eigenvalue weighted by Crippen LogP contribution is -2.48. The minimum absolute atomic E-state index is 0.0451. The van der Waals surface area contributed by atoms with Gasteiger partial charge in [-0.25, -0.2) is 4.98 Å². The van der Waals surface area contributed by atoms with E-state index in [2.05, 4.69) is 9.88 Å². The number of hydrogen-bond acceptors (Lipinski definition) is 5. The predicted molar refractivity (Wildman–Crippen MR) is 66.8 cm³/mol. The summed E-state index contributed by atoms with van der Waals surface area (Å²) < 4.78 is 5.78. The average molecular weight is 252 g/mol. The number of hydrogen-bond donors (Lipinski definition) is 0. The van der Waals surface area contributed by atoms with Crippen LogP contribution in [-0.4, -0.2) is 36.1 Å². The van der Waals surface area contributed by atoms with E-state index in [1.807, 2.05) is 5.38 Å². The van der Waals surface area contributed by atoms with Crippen LogP contribution in [-0.2, 0) is 4.74 Å². The molecule has 2 heterocycles. The number of thiazole rings is 1. The van der Waals surface area contributed by atoms with Gasteiger partial charge in [-0.1, -0.05) is 0 Å². The molecule has 1 saturated carbocycles. The molecule has 5 heteroatoms. The van der Waals surface area contributed by atoms with Crippen LogP contribution in [0.1, 0.15) is 36.7 Å². The zero-order valence-corrected chi connectivity index (χ0v) is 10.7. The molecule has 17 heavy (non-hydrogen) atoms. The Bertz CT molecular complexity index is 432. The number of fused-ring (bicyclic) bond motifs is 1. The molecule has 0 spiro atoms. The largest absolute Gasteiger partial charge is 0.374 e. The number of ketones is 1. The maximum Gasteiger partial charge on any atom is 0.186 e. The van der Waals surface area contributed by atoms with Gasteiger partial charge in [0.05, 0.1) is 18.8 Å². The van der Waals surface area contributed by atoms with Gasteiger partial charge in [-0.05, 0) is 19.3 Å². The van der Waals surface area contributed by atoms with E-state index in [9.17, 15) is 4.79 Å². The number of nitrogens with zero attached hydrogens (tertiary/aromatic N) is 2. The second-order valence-electron chi connectivity index (χ2n) is 4.67. The summed E-state index contributed by atoms with van der Waals surface area (Å²) in [5.41, 5.74) is 0.589. The van der Waals surface area contributed by atoms with Crippen molar-refractivity contribution in [1.29, 1.82) is 0 Å². The molecule has 1 aliphatic carbocycles. The Balaban J connectivity index is 1.84. The van der Waals surface area contributed by atoms with Crippen LogP contribution in [0, 0.1) is 0 Å². The monoisotopic (exact) mass is 252 g/mol. The summed E-state index contributed by atoms with van der Waals surface area (Å²) >= 11 is 1.57. The Hall–Kier alpha value is -0.940. The van der Waals surface area contributed by atoms with Gasteiger partial charge >= 0.3 is 0 Å². The highest BCUT2D eigenvalue weighted by molar-refractivity contribution is 7.13. The summed E-state index contributed by atoms with van der Waals surface area (Å²) in [5, 5.41) is 2.84. The number of morpholine rings is 1. The van der Waals surface area contributed by atoms with Crippen molar-refractivity contribution >= 4 is 22.3 Å². The molecule has 1 aromatic rings. The van der Waals surface area contributed by atoms with E-state index in [1.54, 1.807) is 18.3 Å². The SMILES string of the molecule is CC(=O)c1csc(N2CCOC3CCCC32)n1. The quantitative estimate of drug-likeness (QED) is 0.756. The van der Waals surface area contributed by atoms with Crippen molar-refractivity contribution in [3.63, 3.8) is 0 Å². The molecule has 2 fully saturated rings. The Kier molecular flexibility index (Phi) is 2.88. The highest BCUT2D eigenvalue weighted by Gasteiger charge is 2.37. The van der Waals surface area contributed by atoms with Crippen LogP contribution in [0.3, 0.4) is 0 Å². The zero-order valence-electron chi connectivity index (χ0n) is 9.89. The van der Waals surface area contributed by atoms with E-state index in [4.69, 9.17) is 4.74 Å². The van der Waals surface area contributed by atoms with Crippen molar-refractivity contribution in [2.75, 3.05) is 18.1 Å². The molecule has 2 unspecified atom stereocenters. The van der Waals surface area contributed by atoms with E-state index in [-0.39, 0.29) is 5.78 Å². The topological polar surface area (TPSA) is 42.4 Å². The first-order chi connectivity index (χ1) is 8.25. The first kappa shape index (κ1) is 11.2. The van der Waals surface area contributed by atoms with Crippen molar-refractivity contribution in [2.45, 2.75) is 38.3 Å². The molecule has 1 aromatic heterocycles. The number of rotatable bonds is 2. The molecule has 2 atom stereocenters. The molecular weight excluding hydrogens is 236 g/mol. The summed E-state index contributed by atoms with van der Waals surface area (Å²) in [4.78, 5) is 18.0. The second kappa shape index (κ2) is 4.38. The first-order valence-corrected chi connectivity index (χ1v) is 6.98. The number of anilines is 1. The summed E-state index contributed by atoms with van der Waals surface area (Å²) in [5.74, 6) is 0.0451. The van der Waals surface area contributed by atoms with Crippen LogP contribution in [0.4, 0.5) is 5.13 Å². The molecule has 92 valence electrons. The fourth-order valence-corrected chi connectivity index (χ4v) is 3.67. The Morgan fingerprint density at radius 2 is 2.47 bits per heavy atom. The zero-order chi connectivity index (χ0) is 11.8. The van der Waals surface area contributed by atoms with Crippen molar-refractivity contribution in [1.82, 2.24) is 4.98 Å². The van der Waals surface area contributed by atoms with Gasteiger partial charge < -0.3 is 9.64 Å². The van der Waals surface area contributed by atoms with Gasteiger partial charge in [0, 0.05) is 18.8 Å². The summed E-state index contributed by atoms with van der Waals surface area (Å²) in [6.07, 6.45) is 3.94. The fourth-order valence-electron chi connectivity index (χ4n) is 2.72. The molecule has 0 radical (unpaired) electrons. The number of carbonyl (C=O) groups is 1. The van der Waals surface area contributed by atoms with Gasteiger partial charge in [0.2, 0.25) is 0 Å². The molecule has 0 N–H and O–H groups in total. The van der Waals surface area contributed by atoms with E-state index < -0.39 is 0 Å². The van der Waals surface area contributed by atoms with Crippen molar-refractivity contribution in [2.24, 2.45) is 0 Å². The average Bonchev–Trinajstić information content (AvgIpc) is 2.97. The molecule has 2 aliphatic rings. The third-order valence-corrected chi connectivity index (χ3v) is 4.46. The van der Waals surface area contributed by atoms with Crippen LogP contribution in [0.2, 0.25) is 0 Å². The maximum absolute atomic E-state index is 11.3. The third-order valence-electron chi connectivity index (χ3n) is 3.58. The van der Waals surface area contributed by atoms with Crippen molar-refractivity contribution in [3.8, 4) is 0 Å². The van der Waals surface area contributed by atoms with Gasteiger partial charge in [0.15, 0.2) is 10.9 Å². The molecule has 1 aliphatic heterocycles. The van der Waals surface area contributed by atoms with Gasteiger partial charge in [0.25, 0.3) is 0 Å². The van der Waals surface area contributed by atoms with Crippen LogP contribution >= 0.6 is 11.3 Å². The highest BCUT2D eigenvalue weighted by atomic mass is 32.1. The van der Waals surface area contributed by atoms with E-state index in [0.29, 0.717) is 17.8 Å². The molecule has 3 rings (SSSR count). The predicted octanol–water partition coefficient (Wildman–Crippen LogP) is 2.10. The van der Waals surface area contributed by atoms with E-state index in [0.717, 1.165) is 24.7 Å². The van der Waals surface area contributed by atoms with Gasteiger partial charge in [-0.2, -0.15) is 0 Å². The number of carbonyl (C=O) groups excluding carboxylic acids is 1. The lowest BCUT2D eigenvalue weighted by Gasteiger charge is -2.37. The third kappa shape index (κ3) is 1.98. The molecule has 1 saturated heterocycles. The van der Waals surface area contributed by atoms with Gasteiger partial charge in [0.1, 0.15) is 5.69 Å². The van der Waals surface area contributed by atoms with Crippen LogP contribution in [0.25, 0.3) is 0 Å². The van der Waals surface area contributed by atoms with Gasteiger partial charge in [-0.15, -0.1) is 11.3 Å². The Morgan fingerprint density at radius 3 is 3.24 bits per heavy atom. The minimum Gasteiger partial charge on any atom is -0.374 e. The van der Waals surface area contributed by atoms with E-state index in [1.165, 1.54) is 12.8 Å². The standard InChI is InChI=1S/C12H16N2O2S/c1-8(15)9-7-17-12(13-9)14-5-6-16-11-4-2-3-10(11)14/h7,10-11H,2-6H2,1H3. The summed E-state index contributed by atoms with van der Waals surface area (Å²) in [6, 6.07) is 0.467. The van der Waals surface area contributed by atoms with E-state index >= 15 is 0 Å². The van der Waals surface area contributed by atoms with Crippen LogP contribution in [0.15, 0.2) is 5.38 Å². The smallest absolute Gasteiger partial charge is 0.186 e. The molecule has 0 amide bonds. The van der Waals surface area contributed by atoms with Gasteiger partial charge in [-0.3, -0.25) is 4.79 Å². The van der Waals surface area contributed by atoms with Crippen molar-refractivity contribution in [3.05, 3.63) is 11.1 Å². The fraction of sp³-hybridized carbons (Fsp3) is 0.667. The lowest BCUT2D eigenvalue weighted by molar-refractivity contribution is 0.0256. The summed E-state index contributed by atoms with van der Waals surface area (Å²) in [7, 11) is 0. The second-order valence-corrected chi connectivity index (χ2v) is 5.51. The Morgan fingerprint density at radius 1 is 1.59 bits per heavy atom. The number of Topliss-reactive ketones (excluding diaryl/α,β-unsaturated/α-hetero) is 1. The first-order valence-electron chi connectivity index (χ1n) is 6.10. The Labute approximate surface area is 105 Å². The normalized spacial score (nSPS) is 28.2. The lowest BCUT2D eigenvalue weighted by atomic mass is 10.1. The molecular formula is C12H16N2O2S. The minimum atomic E-state index is 0.0451.